The normalized spacial score (nSPS) is 12.9. The van der Waals surface area contributed by atoms with Crippen molar-refractivity contribution in [2.45, 2.75) is 31.4 Å². The maximum atomic E-state index is 11.8. The highest BCUT2D eigenvalue weighted by Crippen LogP contribution is 2.13. The number of rotatable bonds is 7. The fourth-order valence-corrected chi connectivity index (χ4v) is 2.85. The van der Waals surface area contributed by atoms with Crippen LogP contribution in [0.3, 0.4) is 0 Å². The largest absolute Gasteiger partial charge is 0.468 e. The maximum Gasteiger partial charge on any atom is 0.324 e. The highest BCUT2D eigenvalue weighted by molar-refractivity contribution is 7.93. The summed E-state index contributed by atoms with van der Waals surface area (Å²) in [6.07, 6.45) is 1.48. The topological polar surface area (TPSA) is 86.7 Å². The summed E-state index contributed by atoms with van der Waals surface area (Å²) in [6.45, 7) is 1.88. The van der Waals surface area contributed by atoms with Gasteiger partial charge in [0.1, 0.15) is 5.75 Å². The molecule has 0 amide bonds. The fourth-order valence-electron chi connectivity index (χ4n) is 1.29. The summed E-state index contributed by atoms with van der Waals surface area (Å²) in [6, 6.07) is 0. The molecule has 100 valence electrons. The van der Waals surface area contributed by atoms with E-state index in [0.29, 0.717) is 6.42 Å². The third kappa shape index (κ3) is 5.16. The van der Waals surface area contributed by atoms with E-state index in [2.05, 4.69) is 9.47 Å². The Morgan fingerprint density at radius 3 is 2.18 bits per heavy atom. The predicted molar refractivity (Wildman–Crippen MR) is 61.1 cm³/mol. The second-order valence-corrected chi connectivity index (χ2v) is 5.72. The van der Waals surface area contributed by atoms with Gasteiger partial charge in [0.25, 0.3) is 0 Å². The number of sulfone groups is 1. The van der Waals surface area contributed by atoms with Crippen LogP contribution in [-0.4, -0.2) is 45.6 Å². The van der Waals surface area contributed by atoms with E-state index in [4.69, 9.17) is 0 Å². The molecule has 0 spiro atoms. The summed E-state index contributed by atoms with van der Waals surface area (Å²) in [7, 11) is -1.65. The van der Waals surface area contributed by atoms with Crippen LogP contribution in [0.25, 0.3) is 0 Å². The molecule has 0 aliphatic carbocycles. The molecule has 1 unspecified atom stereocenters. The molecule has 0 radical (unpaired) electrons. The monoisotopic (exact) mass is 266 g/mol. The molecule has 0 heterocycles. The van der Waals surface area contributed by atoms with Gasteiger partial charge in [0.2, 0.25) is 0 Å². The van der Waals surface area contributed by atoms with Gasteiger partial charge in [0, 0.05) is 0 Å². The highest BCUT2D eigenvalue weighted by Gasteiger charge is 2.34. The molecular weight excluding hydrogens is 248 g/mol. The Labute approximate surface area is 101 Å². The van der Waals surface area contributed by atoms with Crippen molar-refractivity contribution in [2.24, 2.45) is 0 Å². The Bertz CT molecular complexity index is 359. The zero-order valence-corrected chi connectivity index (χ0v) is 11.1. The molecule has 7 heteroatoms. The van der Waals surface area contributed by atoms with Crippen molar-refractivity contribution in [3.8, 4) is 0 Å². The van der Waals surface area contributed by atoms with Crippen LogP contribution >= 0.6 is 0 Å². The summed E-state index contributed by atoms with van der Waals surface area (Å²) in [5.74, 6) is -2.51. The minimum absolute atomic E-state index is 0.155. The molecular formula is C10H18O6S. The molecule has 0 saturated heterocycles. The van der Waals surface area contributed by atoms with E-state index < -0.39 is 32.8 Å². The van der Waals surface area contributed by atoms with Crippen LogP contribution in [0.2, 0.25) is 0 Å². The Hall–Kier alpha value is -1.11. The van der Waals surface area contributed by atoms with Crippen LogP contribution in [0.1, 0.15) is 26.2 Å². The number of methoxy groups -OCH3 is 2. The van der Waals surface area contributed by atoms with Gasteiger partial charge in [-0.05, 0) is 6.42 Å². The third-order valence-electron chi connectivity index (χ3n) is 2.26. The first-order valence-electron chi connectivity index (χ1n) is 5.25. The van der Waals surface area contributed by atoms with Crippen molar-refractivity contribution < 1.29 is 27.5 Å². The minimum atomic E-state index is -3.87. The van der Waals surface area contributed by atoms with Gasteiger partial charge < -0.3 is 9.47 Å². The molecule has 0 rings (SSSR count). The van der Waals surface area contributed by atoms with Crippen LogP contribution in [0.5, 0.6) is 0 Å². The molecule has 0 saturated carbocycles. The SMILES string of the molecule is CCCCC(C(=O)OC)S(=O)(=O)CC(=O)OC. The first-order chi connectivity index (χ1) is 7.88. The van der Waals surface area contributed by atoms with Gasteiger partial charge in [0.05, 0.1) is 14.2 Å². The average molecular weight is 266 g/mol. The van der Waals surface area contributed by atoms with Gasteiger partial charge >= 0.3 is 11.9 Å². The van der Waals surface area contributed by atoms with Crippen molar-refractivity contribution in [1.82, 2.24) is 0 Å². The van der Waals surface area contributed by atoms with Crippen LogP contribution in [0, 0.1) is 0 Å². The van der Waals surface area contributed by atoms with Crippen molar-refractivity contribution in [2.75, 3.05) is 20.0 Å². The van der Waals surface area contributed by atoms with Gasteiger partial charge in [-0.15, -0.1) is 0 Å². The number of hydrogen-bond donors (Lipinski definition) is 0. The lowest BCUT2D eigenvalue weighted by molar-refractivity contribution is -0.140. The number of ether oxygens (including phenoxy) is 2. The quantitative estimate of drug-likeness (QED) is 0.616. The molecule has 0 aromatic carbocycles. The Balaban J connectivity index is 4.88. The average Bonchev–Trinajstić information content (AvgIpc) is 2.28. The van der Waals surface area contributed by atoms with Gasteiger partial charge in [0.15, 0.2) is 15.1 Å². The number of unbranched alkanes of at least 4 members (excludes halogenated alkanes) is 1. The van der Waals surface area contributed by atoms with E-state index >= 15 is 0 Å². The molecule has 0 aliphatic rings. The van der Waals surface area contributed by atoms with E-state index in [1.165, 1.54) is 0 Å². The van der Waals surface area contributed by atoms with Crippen LogP contribution in [0.15, 0.2) is 0 Å². The van der Waals surface area contributed by atoms with E-state index in [9.17, 15) is 18.0 Å². The Morgan fingerprint density at radius 1 is 1.18 bits per heavy atom. The molecule has 6 nitrogen and oxygen atoms in total. The summed E-state index contributed by atoms with van der Waals surface area (Å²) in [4.78, 5) is 22.3. The number of carbonyl (C=O) groups excluding carboxylic acids is 2. The van der Waals surface area contributed by atoms with E-state index in [0.717, 1.165) is 20.6 Å². The van der Waals surface area contributed by atoms with E-state index in [1.54, 1.807) is 0 Å². The molecule has 17 heavy (non-hydrogen) atoms. The predicted octanol–water partition coefficient (Wildman–Crippen LogP) is 0.306. The minimum Gasteiger partial charge on any atom is -0.468 e. The van der Waals surface area contributed by atoms with Gasteiger partial charge in [-0.25, -0.2) is 8.42 Å². The van der Waals surface area contributed by atoms with Crippen molar-refractivity contribution in [1.29, 1.82) is 0 Å². The lowest BCUT2D eigenvalue weighted by atomic mass is 10.2. The Morgan fingerprint density at radius 2 is 1.76 bits per heavy atom. The van der Waals surface area contributed by atoms with Crippen LogP contribution < -0.4 is 0 Å². The molecule has 0 fully saturated rings. The second-order valence-electron chi connectivity index (χ2n) is 3.54. The standard InChI is InChI=1S/C10H18O6S/c1-4-5-6-8(10(12)16-3)17(13,14)7-9(11)15-2/h8H,4-7H2,1-3H3. The Kier molecular flexibility index (Phi) is 6.79. The lowest BCUT2D eigenvalue weighted by Crippen LogP contribution is -2.35. The summed E-state index contributed by atoms with van der Waals surface area (Å²) in [5.41, 5.74) is 0. The van der Waals surface area contributed by atoms with Crippen molar-refractivity contribution in [3.63, 3.8) is 0 Å². The third-order valence-corrected chi connectivity index (χ3v) is 4.20. The zero-order valence-electron chi connectivity index (χ0n) is 10.3. The number of esters is 2. The molecule has 0 aromatic heterocycles. The first kappa shape index (κ1) is 15.9. The van der Waals surface area contributed by atoms with Gasteiger partial charge in [-0.1, -0.05) is 19.8 Å². The summed E-state index contributed by atoms with van der Waals surface area (Å²) < 4.78 is 32.3. The van der Waals surface area contributed by atoms with Crippen molar-refractivity contribution >= 4 is 21.8 Å². The van der Waals surface area contributed by atoms with Crippen LogP contribution in [-0.2, 0) is 28.9 Å². The first-order valence-corrected chi connectivity index (χ1v) is 6.96. The highest BCUT2D eigenvalue weighted by atomic mass is 32.2. The molecule has 0 N–H and O–H groups in total. The van der Waals surface area contributed by atoms with Gasteiger partial charge in [-0.3, -0.25) is 9.59 Å². The smallest absolute Gasteiger partial charge is 0.324 e. The zero-order chi connectivity index (χ0) is 13.5. The fraction of sp³-hybridized carbons (Fsp3) is 0.800. The number of carbonyl (C=O) groups is 2. The number of hydrogen-bond acceptors (Lipinski definition) is 6. The molecule has 0 aromatic rings. The van der Waals surface area contributed by atoms with Crippen molar-refractivity contribution in [3.05, 3.63) is 0 Å². The van der Waals surface area contributed by atoms with E-state index in [1.807, 2.05) is 6.92 Å². The molecule has 0 aliphatic heterocycles. The molecule has 1 atom stereocenters. The van der Waals surface area contributed by atoms with Gasteiger partial charge in [-0.2, -0.15) is 0 Å². The lowest BCUT2D eigenvalue weighted by Gasteiger charge is -2.14. The maximum absolute atomic E-state index is 11.8. The second kappa shape index (κ2) is 7.26. The summed E-state index contributed by atoms with van der Waals surface area (Å²) in [5, 5.41) is -1.29. The molecule has 0 bridgehead atoms. The van der Waals surface area contributed by atoms with E-state index in [-0.39, 0.29) is 6.42 Å². The summed E-state index contributed by atoms with van der Waals surface area (Å²) >= 11 is 0. The van der Waals surface area contributed by atoms with Crippen LogP contribution in [0.4, 0.5) is 0 Å².